The summed E-state index contributed by atoms with van der Waals surface area (Å²) in [5.41, 5.74) is 3.96. The van der Waals surface area contributed by atoms with Gasteiger partial charge >= 0.3 is 6.09 Å². The van der Waals surface area contributed by atoms with E-state index in [1.165, 1.54) is 23.7 Å². The number of hydrogen-bond donors (Lipinski definition) is 2. The predicted octanol–water partition coefficient (Wildman–Crippen LogP) is 5.43. The van der Waals surface area contributed by atoms with Crippen LogP contribution in [0.25, 0.3) is 33.5 Å². The van der Waals surface area contributed by atoms with Crippen molar-refractivity contribution in [2.24, 2.45) is 11.8 Å². The van der Waals surface area contributed by atoms with Crippen molar-refractivity contribution in [3.05, 3.63) is 48.0 Å². The van der Waals surface area contributed by atoms with Crippen LogP contribution in [-0.2, 0) is 17.8 Å². The highest BCUT2D eigenvalue weighted by Crippen LogP contribution is 2.39. The van der Waals surface area contributed by atoms with Gasteiger partial charge in [0.1, 0.15) is 16.9 Å². The van der Waals surface area contributed by atoms with Crippen molar-refractivity contribution >= 4 is 33.9 Å². The molecule has 2 N–H and O–H groups in total. The highest BCUT2D eigenvalue weighted by atomic mass is 16.6. The number of nitrogens with one attached hydrogen (secondary N) is 2. The molecule has 2 aliphatic heterocycles. The standard InChI is InChI=1S/C35H44N6O4/c1-35(2,3)45-34(43)37-26-9-7-13-39(21-26)33(42)25-14-27-31(30(16-25)44-4)41(20-23-17-36-18-23)32(38-27)29-15-24-8-5-6-10-28(24)40(29)19-22-11-12-22/h5-6,8,10,14-16,22-23,26,36H,7,9,11-13,17-21H2,1-4H3,(H,37,43)/t26-/m1/s1. The molecule has 0 spiro atoms. The molecule has 10 nitrogen and oxygen atoms in total. The van der Waals surface area contributed by atoms with Crippen LogP contribution in [0.5, 0.6) is 5.75 Å². The minimum absolute atomic E-state index is 0.0898. The van der Waals surface area contributed by atoms with Gasteiger partial charge in [0.15, 0.2) is 5.82 Å². The first-order valence-electron chi connectivity index (χ1n) is 16.3. The topological polar surface area (TPSA) is 103 Å². The number of nitrogens with zero attached hydrogens (tertiary/aromatic N) is 4. The number of imidazole rings is 1. The maximum absolute atomic E-state index is 13.9. The van der Waals surface area contributed by atoms with Crippen molar-refractivity contribution in [1.29, 1.82) is 0 Å². The predicted molar refractivity (Wildman–Crippen MR) is 175 cm³/mol. The summed E-state index contributed by atoms with van der Waals surface area (Å²) >= 11 is 0. The van der Waals surface area contributed by atoms with E-state index < -0.39 is 11.7 Å². The number of alkyl carbamates (subject to hydrolysis) is 1. The molecule has 2 saturated heterocycles. The maximum atomic E-state index is 13.9. The van der Waals surface area contributed by atoms with E-state index in [0.717, 1.165) is 61.6 Å². The van der Waals surface area contributed by atoms with Crippen LogP contribution in [0.3, 0.4) is 0 Å². The van der Waals surface area contributed by atoms with Gasteiger partial charge in [0.2, 0.25) is 0 Å². The maximum Gasteiger partial charge on any atom is 0.407 e. The van der Waals surface area contributed by atoms with E-state index in [1.807, 2.05) is 37.8 Å². The molecule has 4 heterocycles. The van der Waals surface area contributed by atoms with Crippen LogP contribution in [-0.4, -0.2) is 76.0 Å². The number of hydrogen-bond acceptors (Lipinski definition) is 6. The molecular weight excluding hydrogens is 568 g/mol. The molecule has 0 bridgehead atoms. The minimum atomic E-state index is -0.579. The monoisotopic (exact) mass is 612 g/mol. The molecule has 1 atom stereocenters. The molecule has 1 saturated carbocycles. The Bertz CT molecular complexity index is 1740. The van der Waals surface area contributed by atoms with Crippen molar-refractivity contribution < 1.29 is 19.1 Å². The molecule has 3 fully saturated rings. The molecule has 7 rings (SSSR count). The zero-order valence-corrected chi connectivity index (χ0v) is 26.8. The van der Waals surface area contributed by atoms with Crippen LogP contribution in [0.2, 0.25) is 0 Å². The fourth-order valence-electron chi connectivity index (χ4n) is 6.71. The number of fused-ring (bicyclic) bond motifs is 2. The van der Waals surface area contributed by atoms with E-state index in [4.69, 9.17) is 14.5 Å². The molecule has 0 radical (unpaired) electrons. The Kier molecular flexibility index (Phi) is 7.71. The Balaban J connectivity index is 1.25. The van der Waals surface area contributed by atoms with Gasteiger partial charge in [-0.25, -0.2) is 9.78 Å². The summed E-state index contributed by atoms with van der Waals surface area (Å²) in [6, 6.07) is 14.4. The van der Waals surface area contributed by atoms with Gasteiger partial charge in [-0.3, -0.25) is 4.79 Å². The second-order valence-electron chi connectivity index (χ2n) is 14.0. The molecule has 238 valence electrons. The lowest BCUT2D eigenvalue weighted by Crippen LogP contribution is -2.50. The van der Waals surface area contributed by atoms with Crippen molar-refractivity contribution in [3.63, 3.8) is 0 Å². The summed E-state index contributed by atoms with van der Waals surface area (Å²) in [5.74, 6) is 2.66. The van der Waals surface area contributed by atoms with Gasteiger partial charge in [-0.15, -0.1) is 0 Å². The van der Waals surface area contributed by atoms with Gasteiger partial charge in [0.05, 0.1) is 18.3 Å². The lowest BCUT2D eigenvalue weighted by Gasteiger charge is -2.33. The fraction of sp³-hybridized carbons (Fsp3) is 0.514. The third-order valence-electron chi connectivity index (χ3n) is 9.19. The molecule has 2 aromatic heterocycles. The number of carbonyl (C=O) groups excluding carboxylic acids is 2. The van der Waals surface area contributed by atoms with Crippen LogP contribution in [0, 0.1) is 11.8 Å². The van der Waals surface area contributed by atoms with Crippen LogP contribution in [0.4, 0.5) is 4.79 Å². The molecule has 10 heteroatoms. The summed E-state index contributed by atoms with van der Waals surface area (Å²) in [6.45, 7) is 10.3. The van der Waals surface area contributed by atoms with E-state index >= 15 is 0 Å². The summed E-state index contributed by atoms with van der Waals surface area (Å²) < 4.78 is 16.2. The largest absolute Gasteiger partial charge is 0.494 e. The molecule has 0 unspecified atom stereocenters. The van der Waals surface area contributed by atoms with Crippen molar-refractivity contribution in [2.75, 3.05) is 33.3 Å². The van der Waals surface area contributed by atoms with Crippen molar-refractivity contribution in [2.45, 2.75) is 71.2 Å². The normalized spacial score (nSPS) is 19.1. The average molecular weight is 613 g/mol. The summed E-state index contributed by atoms with van der Waals surface area (Å²) in [7, 11) is 1.66. The first-order chi connectivity index (χ1) is 21.7. The quantitative estimate of drug-likeness (QED) is 0.275. The Morgan fingerprint density at radius 1 is 1.02 bits per heavy atom. The number of benzene rings is 2. The zero-order chi connectivity index (χ0) is 31.3. The van der Waals surface area contributed by atoms with Gasteiger partial charge in [0.25, 0.3) is 5.91 Å². The molecule has 2 aromatic carbocycles. The number of para-hydroxylation sites is 1. The molecule has 3 aliphatic rings. The summed E-state index contributed by atoms with van der Waals surface area (Å²) in [5, 5.41) is 7.57. The molecular formula is C35H44N6O4. The summed E-state index contributed by atoms with van der Waals surface area (Å²) in [4.78, 5) is 33.5. The van der Waals surface area contributed by atoms with Crippen LogP contribution < -0.4 is 15.4 Å². The number of aromatic nitrogens is 3. The second kappa shape index (κ2) is 11.7. The lowest BCUT2D eigenvalue weighted by molar-refractivity contribution is 0.0452. The highest BCUT2D eigenvalue weighted by molar-refractivity contribution is 6.00. The number of rotatable bonds is 8. The van der Waals surface area contributed by atoms with Gasteiger partial charge in [-0.2, -0.15) is 0 Å². The Morgan fingerprint density at radius 2 is 1.80 bits per heavy atom. The molecule has 1 aliphatic carbocycles. The third-order valence-corrected chi connectivity index (χ3v) is 9.19. The Morgan fingerprint density at radius 3 is 2.51 bits per heavy atom. The van der Waals surface area contributed by atoms with Crippen LogP contribution in [0.1, 0.15) is 56.8 Å². The Labute approximate surface area is 264 Å². The fourth-order valence-corrected chi connectivity index (χ4v) is 6.71. The number of likely N-dealkylation sites (tertiary alicyclic amines) is 1. The van der Waals surface area contributed by atoms with Crippen molar-refractivity contribution in [3.8, 4) is 17.3 Å². The smallest absolute Gasteiger partial charge is 0.407 e. The first-order valence-corrected chi connectivity index (χ1v) is 16.3. The molecule has 4 aromatic rings. The van der Waals surface area contributed by atoms with Gasteiger partial charge in [-0.05, 0) is 76.6 Å². The first kappa shape index (κ1) is 29.6. The van der Waals surface area contributed by atoms with Crippen LogP contribution >= 0.6 is 0 Å². The average Bonchev–Trinajstić information content (AvgIpc) is 3.63. The highest BCUT2D eigenvalue weighted by Gasteiger charge is 2.31. The van der Waals surface area contributed by atoms with Gasteiger partial charge in [-0.1, -0.05) is 18.2 Å². The number of carbonyl (C=O) groups is 2. The minimum Gasteiger partial charge on any atom is -0.494 e. The lowest BCUT2D eigenvalue weighted by atomic mass is 10.0. The third kappa shape index (κ3) is 6.12. The van der Waals surface area contributed by atoms with E-state index in [2.05, 4.69) is 50.1 Å². The van der Waals surface area contributed by atoms with E-state index in [9.17, 15) is 9.59 Å². The van der Waals surface area contributed by atoms with E-state index in [1.54, 1.807) is 7.11 Å². The van der Waals surface area contributed by atoms with E-state index in [-0.39, 0.29) is 11.9 Å². The van der Waals surface area contributed by atoms with E-state index in [0.29, 0.717) is 36.2 Å². The molecule has 45 heavy (non-hydrogen) atoms. The second-order valence-corrected chi connectivity index (χ2v) is 14.0. The number of methoxy groups -OCH3 is 1. The van der Waals surface area contributed by atoms with Crippen molar-refractivity contribution in [1.82, 2.24) is 29.7 Å². The van der Waals surface area contributed by atoms with Gasteiger partial charge < -0.3 is 34.1 Å². The molecule has 2 amide bonds. The zero-order valence-electron chi connectivity index (χ0n) is 26.8. The number of ether oxygens (including phenoxy) is 2. The SMILES string of the molecule is COc1cc(C(=O)N2CCC[C@@H](NC(=O)OC(C)(C)C)C2)cc2nc(-c3cc4ccccc4n3CC3CC3)n(CC3CNC3)c12. The number of amides is 2. The van der Waals surface area contributed by atoms with Crippen LogP contribution in [0.15, 0.2) is 42.5 Å². The summed E-state index contributed by atoms with van der Waals surface area (Å²) in [6.07, 6.45) is 3.67. The van der Waals surface area contributed by atoms with Gasteiger partial charge in [0, 0.05) is 67.7 Å². The Hall–Kier alpha value is -4.05. The number of piperidine rings is 1.